The molecule has 1 unspecified atom stereocenters. The summed E-state index contributed by atoms with van der Waals surface area (Å²) in [5, 5.41) is 16.0. The Morgan fingerprint density at radius 1 is 1.22 bits per heavy atom. The molecular weight excluding hydrogens is 338 g/mol. The standard InChI is InChI=1S/C21H25N5O/c1-13(12-21(2,3)4)10-17-15-8-7-14(11-18(15)27-26-17)23-20-19-16(24-25-20)6-5-9-22-19/h5-9,11,13H,10,12H2,1-4H3,(H2,23,24,25). The van der Waals surface area contributed by atoms with Crippen molar-refractivity contribution in [2.75, 3.05) is 5.32 Å². The number of benzene rings is 1. The number of anilines is 2. The predicted octanol–water partition coefficient (Wildman–Crippen LogP) is 5.46. The number of hydrogen-bond acceptors (Lipinski definition) is 5. The average Bonchev–Trinajstić information content (AvgIpc) is 3.18. The van der Waals surface area contributed by atoms with Crippen LogP contribution in [0.4, 0.5) is 11.5 Å². The van der Waals surface area contributed by atoms with E-state index < -0.39 is 0 Å². The zero-order valence-corrected chi connectivity index (χ0v) is 16.2. The molecule has 0 aliphatic rings. The number of pyridine rings is 1. The van der Waals surface area contributed by atoms with Gasteiger partial charge < -0.3 is 9.84 Å². The lowest BCUT2D eigenvalue weighted by molar-refractivity contribution is 0.302. The van der Waals surface area contributed by atoms with Gasteiger partial charge in [-0.1, -0.05) is 32.9 Å². The highest BCUT2D eigenvalue weighted by Gasteiger charge is 2.18. The highest BCUT2D eigenvalue weighted by molar-refractivity contribution is 5.89. The number of aromatic nitrogens is 4. The van der Waals surface area contributed by atoms with Gasteiger partial charge in [-0.15, -0.1) is 0 Å². The summed E-state index contributed by atoms with van der Waals surface area (Å²) in [5.74, 6) is 1.25. The molecule has 0 radical (unpaired) electrons. The number of nitrogens with one attached hydrogen (secondary N) is 2. The van der Waals surface area contributed by atoms with Crippen LogP contribution in [0.2, 0.25) is 0 Å². The molecule has 27 heavy (non-hydrogen) atoms. The highest BCUT2D eigenvalue weighted by Crippen LogP contribution is 2.30. The van der Waals surface area contributed by atoms with E-state index in [0.29, 0.717) is 17.2 Å². The van der Waals surface area contributed by atoms with Crippen molar-refractivity contribution in [1.82, 2.24) is 20.3 Å². The van der Waals surface area contributed by atoms with E-state index in [9.17, 15) is 0 Å². The van der Waals surface area contributed by atoms with Crippen molar-refractivity contribution in [3.63, 3.8) is 0 Å². The van der Waals surface area contributed by atoms with Crippen LogP contribution in [0.15, 0.2) is 41.1 Å². The number of fused-ring (bicyclic) bond motifs is 2. The Morgan fingerprint density at radius 3 is 2.89 bits per heavy atom. The van der Waals surface area contributed by atoms with E-state index in [4.69, 9.17) is 4.52 Å². The van der Waals surface area contributed by atoms with Gasteiger partial charge in [0.05, 0.1) is 11.2 Å². The molecule has 0 aliphatic heterocycles. The molecule has 1 aromatic carbocycles. The van der Waals surface area contributed by atoms with Gasteiger partial charge in [-0.05, 0) is 48.4 Å². The molecule has 0 spiro atoms. The van der Waals surface area contributed by atoms with E-state index >= 15 is 0 Å². The first-order valence-corrected chi connectivity index (χ1v) is 9.33. The van der Waals surface area contributed by atoms with Gasteiger partial charge in [0.2, 0.25) is 0 Å². The SMILES string of the molecule is CC(Cc1noc2cc(Nc3n[nH]c4cccnc34)ccc12)CC(C)(C)C. The van der Waals surface area contributed by atoms with E-state index in [1.807, 2.05) is 24.3 Å². The maximum Gasteiger partial charge on any atom is 0.178 e. The van der Waals surface area contributed by atoms with Gasteiger partial charge in [0.25, 0.3) is 0 Å². The van der Waals surface area contributed by atoms with E-state index in [0.717, 1.165) is 46.2 Å². The molecular formula is C21H25N5O. The third-order valence-corrected chi connectivity index (χ3v) is 4.63. The summed E-state index contributed by atoms with van der Waals surface area (Å²) in [6, 6.07) is 9.89. The molecule has 0 amide bonds. The van der Waals surface area contributed by atoms with Crippen molar-refractivity contribution in [2.45, 2.75) is 40.5 Å². The second-order valence-electron chi connectivity index (χ2n) is 8.51. The molecule has 0 saturated carbocycles. The summed E-state index contributed by atoms with van der Waals surface area (Å²) in [7, 11) is 0. The lowest BCUT2D eigenvalue weighted by Gasteiger charge is -2.22. The third kappa shape index (κ3) is 3.79. The second-order valence-corrected chi connectivity index (χ2v) is 8.51. The maximum absolute atomic E-state index is 5.59. The summed E-state index contributed by atoms with van der Waals surface area (Å²) >= 11 is 0. The smallest absolute Gasteiger partial charge is 0.178 e. The fourth-order valence-electron chi connectivity index (χ4n) is 3.74. The molecule has 3 heterocycles. The first-order chi connectivity index (χ1) is 12.9. The van der Waals surface area contributed by atoms with Crippen LogP contribution in [-0.4, -0.2) is 20.3 Å². The fourth-order valence-corrected chi connectivity index (χ4v) is 3.74. The Kier molecular flexibility index (Phi) is 4.34. The fraction of sp³-hybridized carbons (Fsp3) is 0.381. The molecule has 0 bridgehead atoms. The lowest BCUT2D eigenvalue weighted by atomic mass is 9.83. The van der Waals surface area contributed by atoms with Gasteiger partial charge in [0.1, 0.15) is 5.52 Å². The molecule has 1 atom stereocenters. The lowest BCUT2D eigenvalue weighted by Crippen LogP contribution is -2.13. The van der Waals surface area contributed by atoms with Gasteiger partial charge in [0.15, 0.2) is 11.4 Å². The van der Waals surface area contributed by atoms with Crippen molar-refractivity contribution in [2.24, 2.45) is 11.3 Å². The second kappa shape index (κ2) is 6.68. The topological polar surface area (TPSA) is 79.6 Å². The minimum absolute atomic E-state index is 0.316. The predicted molar refractivity (Wildman–Crippen MR) is 108 cm³/mol. The molecule has 0 saturated heterocycles. The van der Waals surface area contributed by atoms with E-state index in [1.165, 1.54) is 0 Å². The van der Waals surface area contributed by atoms with Crippen LogP contribution in [0.3, 0.4) is 0 Å². The van der Waals surface area contributed by atoms with Crippen molar-refractivity contribution in [1.29, 1.82) is 0 Å². The van der Waals surface area contributed by atoms with Crippen LogP contribution < -0.4 is 5.32 Å². The molecule has 4 rings (SSSR count). The Balaban J connectivity index is 1.55. The highest BCUT2D eigenvalue weighted by atomic mass is 16.5. The summed E-state index contributed by atoms with van der Waals surface area (Å²) in [5.41, 5.74) is 4.73. The molecule has 0 aliphatic carbocycles. The van der Waals surface area contributed by atoms with Crippen LogP contribution >= 0.6 is 0 Å². The van der Waals surface area contributed by atoms with Gasteiger partial charge >= 0.3 is 0 Å². The van der Waals surface area contributed by atoms with Crippen molar-refractivity contribution in [3.05, 3.63) is 42.2 Å². The minimum atomic E-state index is 0.316. The number of H-pyrrole nitrogens is 1. The Hall–Kier alpha value is -2.89. The number of rotatable bonds is 5. The molecule has 2 N–H and O–H groups in total. The minimum Gasteiger partial charge on any atom is -0.356 e. The van der Waals surface area contributed by atoms with Crippen LogP contribution in [0.5, 0.6) is 0 Å². The summed E-state index contributed by atoms with van der Waals surface area (Å²) in [4.78, 5) is 4.37. The number of aromatic amines is 1. The average molecular weight is 363 g/mol. The third-order valence-electron chi connectivity index (χ3n) is 4.63. The van der Waals surface area contributed by atoms with Gasteiger partial charge in [-0.3, -0.25) is 10.1 Å². The normalized spacial score (nSPS) is 13.3. The monoisotopic (exact) mass is 363 g/mol. The largest absolute Gasteiger partial charge is 0.356 e. The maximum atomic E-state index is 5.59. The molecule has 6 heteroatoms. The number of hydrogen-bond donors (Lipinski definition) is 2. The zero-order chi connectivity index (χ0) is 19.0. The Labute approximate surface area is 158 Å². The van der Waals surface area contributed by atoms with Crippen LogP contribution in [0.25, 0.3) is 22.0 Å². The van der Waals surface area contributed by atoms with Crippen molar-refractivity contribution >= 4 is 33.5 Å². The zero-order valence-electron chi connectivity index (χ0n) is 16.2. The molecule has 0 fully saturated rings. The van der Waals surface area contributed by atoms with E-state index in [2.05, 4.69) is 59.4 Å². The quantitative estimate of drug-likeness (QED) is 0.492. The van der Waals surface area contributed by atoms with Gasteiger partial charge in [-0.25, -0.2) is 0 Å². The molecule has 4 aromatic rings. The van der Waals surface area contributed by atoms with Crippen molar-refractivity contribution in [3.8, 4) is 0 Å². The molecule has 140 valence electrons. The summed E-state index contributed by atoms with van der Waals surface area (Å²) in [6.45, 7) is 9.10. The van der Waals surface area contributed by atoms with Crippen LogP contribution in [-0.2, 0) is 6.42 Å². The summed E-state index contributed by atoms with van der Waals surface area (Å²) in [6.07, 6.45) is 3.83. The van der Waals surface area contributed by atoms with Gasteiger partial charge in [-0.2, -0.15) is 5.10 Å². The van der Waals surface area contributed by atoms with Gasteiger partial charge in [0, 0.05) is 23.3 Å². The van der Waals surface area contributed by atoms with Crippen LogP contribution in [0.1, 0.15) is 39.8 Å². The first kappa shape index (κ1) is 17.5. The molecule has 6 nitrogen and oxygen atoms in total. The Morgan fingerprint density at radius 2 is 2.07 bits per heavy atom. The van der Waals surface area contributed by atoms with E-state index in [-0.39, 0.29) is 0 Å². The molecule has 3 aromatic heterocycles. The summed E-state index contributed by atoms with van der Waals surface area (Å²) < 4.78 is 5.59. The Bertz CT molecular complexity index is 1070. The number of nitrogens with zero attached hydrogens (tertiary/aromatic N) is 3. The van der Waals surface area contributed by atoms with Crippen molar-refractivity contribution < 1.29 is 4.52 Å². The van der Waals surface area contributed by atoms with Crippen LogP contribution in [0, 0.1) is 11.3 Å². The van der Waals surface area contributed by atoms with E-state index in [1.54, 1.807) is 6.20 Å². The first-order valence-electron chi connectivity index (χ1n) is 9.33.